The number of hydrogen-bond donors (Lipinski definition) is 1. The third-order valence-electron chi connectivity index (χ3n) is 8.36. The Morgan fingerprint density at radius 1 is 1.18 bits per heavy atom. The number of likely N-dealkylation sites (tertiary alicyclic amines) is 1. The van der Waals surface area contributed by atoms with Crippen molar-refractivity contribution in [1.29, 1.82) is 0 Å². The second-order valence-corrected chi connectivity index (χ2v) is 11.4. The number of anilines is 2. The van der Waals surface area contributed by atoms with Crippen molar-refractivity contribution in [2.24, 2.45) is 0 Å². The van der Waals surface area contributed by atoms with E-state index in [2.05, 4.69) is 15.1 Å². The summed E-state index contributed by atoms with van der Waals surface area (Å²) >= 11 is 6.67. The summed E-state index contributed by atoms with van der Waals surface area (Å²) in [5.41, 5.74) is 4.38. The van der Waals surface area contributed by atoms with Crippen LogP contribution in [0.25, 0.3) is 0 Å². The lowest BCUT2D eigenvalue weighted by Gasteiger charge is -2.31. The van der Waals surface area contributed by atoms with Crippen LogP contribution in [0.3, 0.4) is 0 Å². The van der Waals surface area contributed by atoms with Gasteiger partial charge in [-0.05, 0) is 31.4 Å². The van der Waals surface area contributed by atoms with Crippen molar-refractivity contribution in [3.63, 3.8) is 0 Å². The zero-order chi connectivity index (χ0) is 32.2. The highest BCUT2D eigenvalue weighted by atomic mass is 35.5. The average molecular weight is 660 g/mol. The zero-order valence-corrected chi connectivity index (χ0v) is 24.6. The Labute approximate surface area is 258 Å². The van der Waals surface area contributed by atoms with E-state index in [1.54, 1.807) is 4.68 Å². The lowest BCUT2D eigenvalue weighted by molar-refractivity contribution is -0.140. The van der Waals surface area contributed by atoms with E-state index < -0.39 is 53.3 Å². The van der Waals surface area contributed by atoms with Crippen molar-refractivity contribution in [3.05, 3.63) is 56.7 Å². The van der Waals surface area contributed by atoms with Gasteiger partial charge >= 0.3 is 12.2 Å². The number of aryl methyl sites for hydroxylation is 1. The van der Waals surface area contributed by atoms with E-state index in [-0.39, 0.29) is 49.3 Å². The van der Waals surface area contributed by atoms with Gasteiger partial charge in [-0.1, -0.05) is 11.6 Å². The molecule has 3 aromatic rings. The molecule has 10 nitrogen and oxygen atoms in total. The average Bonchev–Trinajstić information content (AvgIpc) is 3.55. The second-order valence-electron chi connectivity index (χ2n) is 11.0. The highest BCUT2D eigenvalue weighted by molar-refractivity contribution is 6.34. The number of ether oxygens (including phenoxy) is 2. The number of aromatic nitrogens is 4. The third kappa shape index (κ3) is 5.62. The largest absolute Gasteiger partial charge is 0.467 e. The monoisotopic (exact) mass is 659 g/mol. The summed E-state index contributed by atoms with van der Waals surface area (Å²) < 4.78 is 96.3. The summed E-state index contributed by atoms with van der Waals surface area (Å²) in [6, 6.07) is 0.306. The van der Waals surface area contributed by atoms with Crippen molar-refractivity contribution in [2.75, 3.05) is 30.8 Å². The first kappa shape index (κ1) is 31.2. The first-order valence-corrected chi connectivity index (χ1v) is 14.6. The fraction of sp³-hybridized carbons (Fsp3) is 0.500. The molecule has 242 valence electrons. The third-order valence-corrected chi connectivity index (χ3v) is 8.76. The molecule has 0 radical (unpaired) electrons. The number of methoxy groups -OCH3 is 1. The lowest BCUT2D eigenvalue weighted by atomic mass is 9.94. The Morgan fingerprint density at radius 2 is 1.96 bits per heavy atom. The van der Waals surface area contributed by atoms with Crippen molar-refractivity contribution in [1.82, 2.24) is 24.6 Å². The Bertz CT molecular complexity index is 1640. The number of alkyl halides is 5. The van der Waals surface area contributed by atoms with Crippen LogP contribution in [0.15, 0.2) is 12.1 Å². The summed E-state index contributed by atoms with van der Waals surface area (Å²) in [5.74, 6) is -1.52. The van der Waals surface area contributed by atoms with E-state index in [1.807, 2.05) is 4.90 Å². The van der Waals surface area contributed by atoms with Gasteiger partial charge in [0.1, 0.15) is 5.82 Å². The van der Waals surface area contributed by atoms with Crippen LogP contribution in [0.5, 0.6) is 6.01 Å². The molecule has 2 unspecified atom stereocenters. The number of nitrogens with two attached hydrogens (primary N) is 1. The minimum Gasteiger partial charge on any atom is -0.467 e. The second kappa shape index (κ2) is 11.9. The molecular weight excluding hydrogens is 632 g/mol. The van der Waals surface area contributed by atoms with Gasteiger partial charge in [-0.25, -0.2) is 13.2 Å². The minimum absolute atomic E-state index is 0.0369. The molecule has 45 heavy (non-hydrogen) atoms. The fourth-order valence-electron chi connectivity index (χ4n) is 6.18. The maximum Gasteiger partial charge on any atom is 0.416 e. The van der Waals surface area contributed by atoms with Gasteiger partial charge in [0.05, 0.1) is 60.1 Å². The van der Waals surface area contributed by atoms with E-state index >= 15 is 4.39 Å². The number of halogens is 7. The molecule has 17 heteroatoms. The lowest BCUT2D eigenvalue weighted by Crippen LogP contribution is -2.40. The van der Waals surface area contributed by atoms with Gasteiger partial charge in [0.15, 0.2) is 11.5 Å². The molecule has 0 spiro atoms. The molecule has 0 saturated carbocycles. The van der Waals surface area contributed by atoms with Gasteiger partial charge in [0, 0.05) is 37.2 Å². The van der Waals surface area contributed by atoms with Gasteiger partial charge < -0.3 is 25.0 Å². The Kier molecular flexibility index (Phi) is 8.22. The number of amides is 1. The Morgan fingerprint density at radius 3 is 2.67 bits per heavy atom. The van der Waals surface area contributed by atoms with E-state index in [0.29, 0.717) is 48.7 Å². The maximum absolute atomic E-state index is 15.1. The summed E-state index contributed by atoms with van der Waals surface area (Å²) in [6.45, 7) is 0.837. The molecule has 0 bridgehead atoms. The number of nitrogen functional groups attached to an aromatic ring is 1. The summed E-state index contributed by atoms with van der Waals surface area (Å²) in [5, 5.41) is 4.42. The smallest absolute Gasteiger partial charge is 0.416 e. The van der Waals surface area contributed by atoms with Crippen LogP contribution in [0.4, 0.5) is 37.8 Å². The van der Waals surface area contributed by atoms with Crippen LogP contribution in [-0.2, 0) is 37.0 Å². The molecule has 2 aromatic heterocycles. The van der Waals surface area contributed by atoms with Crippen molar-refractivity contribution < 1.29 is 40.6 Å². The van der Waals surface area contributed by atoms with Crippen LogP contribution < -0.4 is 15.4 Å². The molecule has 1 aromatic carbocycles. The molecule has 6 rings (SSSR count). The van der Waals surface area contributed by atoms with Crippen LogP contribution >= 0.6 is 11.6 Å². The predicted octanol–water partition coefficient (Wildman–Crippen LogP) is 5.17. The normalized spacial score (nSPS) is 20.3. The van der Waals surface area contributed by atoms with E-state index in [9.17, 15) is 26.7 Å². The highest BCUT2D eigenvalue weighted by Crippen LogP contribution is 2.43. The van der Waals surface area contributed by atoms with Crippen LogP contribution in [0, 0.1) is 5.82 Å². The van der Waals surface area contributed by atoms with Crippen molar-refractivity contribution >= 4 is 29.0 Å². The first-order chi connectivity index (χ1) is 21.4. The molecule has 5 heterocycles. The van der Waals surface area contributed by atoms with E-state index in [1.165, 1.54) is 7.11 Å². The fourth-order valence-corrected chi connectivity index (χ4v) is 6.46. The summed E-state index contributed by atoms with van der Waals surface area (Å²) in [6.07, 6.45) is -7.96. The van der Waals surface area contributed by atoms with Gasteiger partial charge in [0.25, 0.3) is 12.3 Å². The number of fused-ring (bicyclic) bond motifs is 2. The van der Waals surface area contributed by atoms with E-state index in [0.717, 1.165) is 17.0 Å². The summed E-state index contributed by atoms with van der Waals surface area (Å²) in [7, 11) is 1.33. The van der Waals surface area contributed by atoms with Gasteiger partial charge in [-0.2, -0.15) is 28.2 Å². The van der Waals surface area contributed by atoms with E-state index in [4.69, 9.17) is 26.8 Å². The number of hydrogen-bond acceptors (Lipinski definition) is 8. The molecule has 0 aliphatic carbocycles. The van der Waals surface area contributed by atoms with Crippen molar-refractivity contribution in [2.45, 2.75) is 70.1 Å². The molecule has 1 saturated heterocycles. The van der Waals surface area contributed by atoms with Crippen LogP contribution in [-0.4, -0.2) is 63.2 Å². The molecular formula is C28H28ClF6N7O3. The number of nitrogens with zero attached hydrogens (tertiary/aromatic N) is 6. The SMILES string of the molecule is COc1nc2c(c(N3CCCn4nc(C(=O)N5CCCC5C(F)F)c(Cl)c4C3)n1)COC(c1c(C(F)(F)F)ccc(N)c1F)C2. The first-order valence-electron chi connectivity index (χ1n) is 14.2. The number of carbonyl (C=O) groups excluding carboxylic acids is 1. The summed E-state index contributed by atoms with van der Waals surface area (Å²) in [4.78, 5) is 25.0. The molecule has 3 aliphatic rings. The minimum atomic E-state index is -4.86. The molecule has 3 aliphatic heterocycles. The molecule has 2 atom stereocenters. The van der Waals surface area contributed by atoms with Gasteiger partial charge in [-0.3, -0.25) is 9.48 Å². The van der Waals surface area contributed by atoms with Gasteiger partial charge in [0.2, 0.25) is 0 Å². The van der Waals surface area contributed by atoms with Crippen molar-refractivity contribution in [3.8, 4) is 6.01 Å². The maximum atomic E-state index is 15.1. The quantitative estimate of drug-likeness (QED) is 0.295. The van der Waals surface area contributed by atoms with Gasteiger partial charge in [-0.15, -0.1) is 0 Å². The van der Waals surface area contributed by atoms with Crippen LogP contribution in [0.2, 0.25) is 5.02 Å². The standard InChI is InChI=1S/C28H28ClF6N7O3/c1-44-27-37-16-10-19(20-14(28(33,34)35)5-6-15(36)22(20)30)45-12-13(16)25(38-27)40-7-3-9-42-18(11-40)21(29)23(39-42)26(43)41-8-2-4-17(41)24(31)32/h5-6,17,19,24H,2-4,7-12,36H2,1H3. The number of carbonyl (C=O) groups is 1. The number of rotatable bonds is 5. The topological polar surface area (TPSA) is 112 Å². The Hall–Kier alpha value is -3.79. The number of benzene rings is 1. The molecule has 1 fully saturated rings. The van der Waals surface area contributed by atoms with Crippen LogP contribution in [0.1, 0.15) is 63.9 Å². The Balaban J connectivity index is 1.33. The predicted molar refractivity (Wildman–Crippen MR) is 149 cm³/mol. The highest BCUT2D eigenvalue weighted by Gasteiger charge is 2.41. The molecule has 2 N–H and O–H groups in total. The molecule has 1 amide bonds. The zero-order valence-electron chi connectivity index (χ0n) is 23.9.